The summed E-state index contributed by atoms with van der Waals surface area (Å²) in [7, 11) is -4.03. The highest BCUT2D eigenvalue weighted by Crippen LogP contribution is 2.13. The molecule has 0 amide bonds. The van der Waals surface area contributed by atoms with Gasteiger partial charge in [-0.3, -0.25) is 4.55 Å². The normalized spacial score (nSPS) is 12.9. The number of hydrogen-bond acceptors (Lipinski definition) is 2. The Labute approximate surface area is 77.5 Å². The van der Waals surface area contributed by atoms with E-state index in [0.29, 0.717) is 5.57 Å². The number of hydrogen-bond donors (Lipinski definition) is 1. The van der Waals surface area contributed by atoms with Gasteiger partial charge in [-0.15, -0.1) is 0 Å². The van der Waals surface area contributed by atoms with Gasteiger partial charge in [0.2, 0.25) is 0 Å². The molecule has 0 bridgehead atoms. The van der Waals surface area contributed by atoms with Crippen molar-refractivity contribution in [3.05, 3.63) is 41.3 Å². The van der Waals surface area contributed by atoms with Crippen molar-refractivity contribution in [1.82, 2.24) is 0 Å². The van der Waals surface area contributed by atoms with E-state index in [0.717, 1.165) is 11.0 Å². The van der Waals surface area contributed by atoms with Gasteiger partial charge in [0.25, 0.3) is 10.1 Å². The lowest BCUT2D eigenvalue weighted by Gasteiger charge is -1.98. The van der Waals surface area contributed by atoms with Crippen molar-refractivity contribution >= 4 is 15.7 Å². The van der Waals surface area contributed by atoms with E-state index in [9.17, 15) is 8.42 Å². The summed E-state index contributed by atoms with van der Waals surface area (Å²) in [5.74, 6) is 0. The zero-order valence-corrected chi connectivity index (χ0v) is 7.95. The van der Waals surface area contributed by atoms with Crippen molar-refractivity contribution < 1.29 is 13.0 Å². The quantitative estimate of drug-likeness (QED) is 0.739. The highest BCUT2D eigenvalue weighted by Gasteiger charge is 2.01. The van der Waals surface area contributed by atoms with Gasteiger partial charge in [-0.1, -0.05) is 30.3 Å². The third kappa shape index (κ3) is 3.40. The van der Waals surface area contributed by atoms with Crippen LogP contribution in [0.5, 0.6) is 0 Å². The zero-order chi connectivity index (χ0) is 9.90. The van der Waals surface area contributed by atoms with E-state index in [-0.39, 0.29) is 0 Å². The van der Waals surface area contributed by atoms with Crippen molar-refractivity contribution in [2.45, 2.75) is 6.92 Å². The van der Waals surface area contributed by atoms with Crippen molar-refractivity contribution in [3.63, 3.8) is 0 Å². The summed E-state index contributed by atoms with van der Waals surface area (Å²) >= 11 is 0. The summed E-state index contributed by atoms with van der Waals surface area (Å²) in [4.78, 5) is 0. The number of rotatable bonds is 2. The summed E-state index contributed by atoms with van der Waals surface area (Å²) in [5.41, 5.74) is 1.29. The third-order valence-electron chi connectivity index (χ3n) is 1.55. The van der Waals surface area contributed by atoms with Crippen LogP contribution in [0.2, 0.25) is 0 Å². The molecule has 0 aromatic heterocycles. The molecule has 0 aliphatic carbocycles. The second-order valence-corrected chi connectivity index (χ2v) is 3.95. The van der Waals surface area contributed by atoms with E-state index in [2.05, 4.69) is 0 Å². The fourth-order valence-electron chi connectivity index (χ4n) is 0.992. The minimum absolute atomic E-state index is 0.517. The maximum atomic E-state index is 10.5. The van der Waals surface area contributed by atoms with Crippen LogP contribution < -0.4 is 0 Å². The Morgan fingerprint density at radius 1 is 1.31 bits per heavy atom. The molecule has 0 saturated carbocycles. The van der Waals surface area contributed by atoms with Crippen molar-refractivity contribution in [1.29, 1.82) is 0 Å². The predicted molar refractivity (Wildman–Crippen MR) is 51.6 cm³/mol. The molecule has 0 saturated heterocycles. The van der Waals surface area contributed by atoms with Gasteiger partial charge in [0.05, 0.1) is 5.41 Å². The molecular formula is C9H10O3S. The van der Waals surface area contributed by atoms with E-state index in [1.54, 1.807) is 31.2 Å². The van der Waals surface area contributed by atoms with Gasteiger partial charge >= 0.3 is 0 Å². The minimum Gasteiger partial charge on any atom is -0.282 e. The number of allylic oxidation sites excluding steroid dienone is 1. The average molecular weight is 198 g/mol. The van der Waals surface area contributed by atoms with E-state index in [1.807, 2.05) is 6.07 Å². The molecule has 4 heteroatoms. The lowest BCUT2D eigenvalue weighted by Crippen LogP contribution is -1.91. The standard InChI is InChI=1S/C9H10O3S/c1-8(7-13(10,11)12)9-5-3-2-4-6-9/h2-7H,1H3,(H,10,11,12)/b8-7+. The van der Waals surface area contributed by atoms with Crippen LogP contribution in [0.3, 0.4) is 0 Å². The molecular weight excluding hydrogens is 188 g/mol. The lowest BCUT2D eigenvalue weighted by molar-refractivity contribution is 0.494. The molecule has 70 valence electrons. The fraction of sp³-hybridized carbons (Fsp3) is 0.111. The second-order valence-electron chi connectivity index (χ2n) is 2.68. The molecule has 0 heterocycles. The second kappa shape index (κ2) is 3.72. The van der Waals surface area contributed by atoms with Gasteiger partial charge in [-0.2, -0.15) is 8.42 Å². The average Bonchev–Trinajstić information content (AvgIpc) is 2.03. The molecule has 0 fully saturated rings. The lowest BCUT2D eigenvalue weighted by atomic mass is 10.1. The topological polar surface area (TPSA) is 54.4 Å². The van der Waals surface area contributed by atoms with Crippen molar-refractivity contribution in [3.8, 4) is 0 Å². The van der Waals surface area contributed by atoms with Gasteiger partial charge < -0.3 is 0 Å². The van der Waals surface area contributed by atoms with Gasteiger partial charge in [0.15, 0.2) is 0 Å². The van der Waals surface area contributed by atoms with Crippen LogP contribution in [0, 0.1) is 0 Å². The molecule has 0 aliphatic rings. The first-order valence-electron chi connectivity index (χ1n) is 3.70. The van der Waals surface area contributed by atoms with Crippen LogP contribution in [0.15, 0.2) is 35.7 Å². The molecule has 13 heavy (non-hydrogen) atoms. The molecule has 1 rings (SSSR count). The highest BCUT2D eigenvalue weighted by molar-refractivity contribution is 7.89. The van der Waals surface area contributed by atoms with E-state index < -0.39 is 10.1 Å². The molecule has 0 spiro atoms. The van der Waals surface area contributed by atoms with Gasteiger partial charge in [0, 0.05) is 0 Å². The Kier molecular flexibility index (Phi) is 2.85. The minimum atomic E-state index is -4.03. The molecule has 0 atom stereocenters. The van der Waals surface area contributed by atoms with Gasteiger partial charge in [-0.05, 0) is 18.1 Å². The van der Waals surface area contributed by atoms with Crippen LogP contribution in [0.25, 0.3) is 5.57 Å². The summed E-state index contributed by atoms with van der Waals surface area (Å²) < 4.78 is 29.5. The predicted octanol–water partition coefficient (Wildman–Crippen LogP) is 1.94. The Morgan fingerprint density at radius 2 is 1.85 bits per heavy atom. The smallest absolute Gasteiger partial charge is 0.282 e. The molecule has 0 radical (unpaired) electrons. The van der Waals surface area contributed by atoms with Crippen LogP contribution >= 0.6 is 0 Å². The number of benzene rings is 1. The summed E-state index contributed by atoms with van der Waals surface area (Å²) in [6.45, 7) is 1.63. The van der Waals surface area contributed by atoms with E-state index >= 15 is 0 Å². The zero-order valence-electron chi connectivity index (χ0n) is 7.14. The monoisotopic (exact) mass is 198 g/mol. The highest BCUT2D eigenvalue weighted by atomic mass is 32.2. The molecule has 0 aliphatic heterocycles. The Hall–Kier alpha value is -1.13. The van der Waals surface area contributed by atoms with Gasteiger partial charge in [-0.25, -0.2) is 0 Å². The first-order valence-corrected chi connectivity index (χ1v) is 5.20. The molecule has 3 nitrogen and oxygen atoms in total. The van der Waals surface area contributed by atoms with Crippen molar-refractivity contribution in [2.75, 3.05) is 0 Å². The van der Waals surface area contributed by atoms with E-state index in [1.165, 1.54) is 0 Å². The first kappa shape index (κ1) is 9.95. The first-order chi connectivity index (χ1) is 5.99. The van der Waals surface area contributed by atoms with Crippen LogP contribution in [0.1, 0.15) is 12.5 Å². The Balaban J connectivity index is 3.06. The van der Waals surface area contributed by atoms with Crippen LogP contribution in [-0.2, 0) is 10.1 Å². The van der Waals surface area contributed by atoms with Gasteiger partial charge in [0.1, 0.15) is 0 Å². The Morgan fingerprint density at radius 3 is 2.31 bits per heavy atom. The van der Waals surface area contributed by atoms with Crippen molar-refractivity contribution in [2.24, 2.45) is 0 Å². The SMILES string of the molecule is C/C(=C\S(=O)(=O)O)c1ccccc1. The summed E-state index contributed by atoms with van der Waals surface area (Å²) in [6, 6.07) is 8.99. The summed E-state index contributed by atoms with van der Waals surface area (Å²) in [5, 5.41) is 0.836. The Bertz CT molecular complexity index is 404. The molecule has 1 N–H and O–H groups in total. The maximum Gasteiger partial charge on any atom is 0.287 e. The molecule has 1 aromatic carbocycles. The van der Waals surface area contributed by atoms with Crippen LogP contribution in [-0.4, -0.2) is 13.0 Å². The maximum absolute atomic E-state index is 10.5. The molecule has 0 unspecified atom stereocenters. The van der Waals surface area contributed by atoms with Crippen LogP contribution in [0.4, 0.5) is 0 Å². The third-order valence-corrected chi connectivity index (χ3v) is 2.21. The van der Waals surface area contributed by atoms with E-state index in [4.69, 9.17) is 4.55 Å². The molecule has 1 aromatic rings. The fourth-order valence-corrected chi connectivity index (χ4v) is 1.58. The summed E-state index contributed by atoms with van der Waals surface area (Å²) in [6.07, 6.45) is 0. The largest absolute Gasteiger partial charge is 0.287 e.